The van der Waals surface area contributed by atoms with Crippen LogP contribution in [-0.2, 0) is 4.79 Å². The lowest BCUT2D eigenvalue weighted by atomic mass is 10.1. The van der Waals surface area contributed by atoms with Gasteiger partial charge in [0.25, 0.3) is 0 Å². The molecule has 2 N–H and O–H groups in total. The van der Waals surface area contributed by atoms with Gasteiger partial charge >= 0.3 is 11.8 Å². The van der Waals surface area contributed by atoms with Crippen LogP contribution in [0.1, 0.15) is 11.6 Å². The van der Waals surface area contributed by atoms with Crippen molar-refractivity contribution in [1.82, 2.24) is 14.5 Å². The van der Waals surface area contributed by atoms with Gasteiger partial charge in [-0.2, -0.15) is 4.57 Å². The molecule has 0 saturated carbocycles. The summed E-state index contributed by atoms with van der Waals surface area (Å²) in [6.07, 6.45) is 3.73. The highest BCUT2D eigenvalue weighted by molar-refractivity contribution is 5.89. The number of carboxylic acid groups (broad SMARTS) is 1. The summed E-state index contributed by atoms with van der Waals surface area (Å²) in [5.41, 5.74) is 1.21. The first-order valence-electron chi connectivity index (χ1n) is 6.04. The zero-order valence-electron chi connectivity index (χ0n) is 10.6. The maximum Gasteiger partial charge on any atom is 0.354 e. The third-order valence-corrected chi connectivity index (χ3v) is 3.26. The number of hydrogen-bond donors (Lipinski definition) is 2. The highest BCUT2D eigenvalue weighted by Crippen LogP contribution is 2.29. The maximum absolute atomic E-state index is 11.6. The van der Waals surface area contributed by atoms with E-state index < -0.39 is 16.9 Å². The molecule has 21 heavy (non-hydrogen) atoms. The summed E-state index contributed by atoms with van der Waals surface area (Å²) < 4.78 is 1.04. The van der Waals surface area contributed by atoms with Gasteiger partial charge in [0.15, 0.2) is 6.33 Å². The molecule has 0 aliphatic carbocycles. The van der Waals surface area contributed by atoms with Crippen LogP contribution in [0.4, 0.5) is 5.82 Å². The Kier molecular flexibility index (Phi) is 2.90. The number of nitrogens with zero attached hydrogens (tertiary/aromatic N) is 3. The summed E-state index contributed by atoms with van der Waals surface area (Å²) >= 11 is 0. The second-order valence-electron chi connectivity index (χ2n) is 4.45. The normalized spacial score (nSPS) is 12.4. The Morgan fingerprint density at radius 1 is 1.43 bits per heavy atom. The Labute approximate surface area is 117 Å². The number of rotatable bonds is 4. The summed E-state index contributed by atoms with van der Waals surface area (Å²) in [5, 5.41) is 21.2. The van der Waals surface area contributed by atoms with Crippen molar-refractivity contribution < 1.29 is 14.8 Å². The van der Waals surface area contributed by atoms with E-state index in [2.05, 4.69) is 9.97 Å². The first-order valence-corrected chi connectivity index (χ1v) is 6.04. The SMILES string of the molecule is O=C(O)C(c1c[nH]c2ccccc12)n1cncc1[N+](=O)[O-]. The average Bonchev–Trinajstić information content (AvgIpc) is 3.07. The van der Waals surface area contributed by atoms with Crippen LogP contribution in [0.5, 0.6) is 0 Å². The Morgan fingerprint density at radius 2 is 2.19 bits per heavy atom. The number of benzene rings is 1. The van der Waals surface area contributed by atoms with Gasteiger partial charge in [-0.1, -0.05) is 18.2 Å². The Balaban J connectivity index is 2.21. The number of carbonyl (C=O) groups is 1. The molecule has 0 amide bonds. The summed E-state index contributed by atoms with van der Waals surface area (Å²) in [7, 11) is 0. The topological polar surface area (TPSA) is 114 Å². The number of imidazole rings is 1. The molecule has 1 unspecified atom stereocenters. The van der Waals surface area contributed by atoms with Crippen molar-refractivity contribution in [2.45, 2.75) is 6.04 Å². The number of aromatic amines is 1. The Bertz CT molecular complexity index is 835. The number of aromatic nitrogens is 3. The zero-order valence-corrected chi connectivity index (χ0v) is 10.6. The number of carboxylic acids is 1. The summed E-state index contributed by atoms with van der Waals surface area (Å²) in [5.74, 6) is -1.56. The fourth-order valence-electron chi connectivity index (χ4n) is 2.36. The van der Waals surface area contributed by atoms with Crippen molar-refractivity contribution in [3.05, 3.63) is 58.7 Å². The van der Waals surface area contributed by atoms with Crippen molar-refractivity contribution in [3.8, 4) is 0 Å². The number of H-pyrrole nitrogens is 1. The second kappa shape index (κ2) is 4.75. The quantitative estimate of drug-likeness (QED) is 0.562. The largest absolute Gasteiger partial charge is 0.478 e. The maximum atomic E-state index is 11.6. The summed E-state index contributed by atoms with van der Waals surface area (Å²) in [6.45, 7) is 0. The molecule has 0 saturated heterocycles. The molecule has 0 spiro atoms. The average molecular weight is 286 g/mol. The van der Waals surface area contributed by atoms with Gasteiger partial charge in [-0.15, -0.1) is 0 Å². The van der Waals surface area contributed by atoms with Gasteiger partial charge < -0.3 is 20.2 Å². The van der Waals surface area contributed by atoms with Crippen LogP contribution in [0.2, 0.25) is 0 Å². The van der Waals surface area contributed by atoms with Gasteiger partial charge in [-0.3, -0.25) is 0 Å². The van der Waals surface area contributed by atoms with E-state index in [0.717, 1.165) is 22.6 Å². The van der Waals surface area contributed by atoms with E-state index in [1.807, 2.05) is 6.07 Å². The highest BCUT2D eigenvalue weighted by atomic mass is 16.6. The molecular formula is C13H10N4O4. The Morgan fingerprint density at radius 3 is 2.90 bits per heavy atom. The van der Waals surface area contributed by atoms with Crippen molar-refractivity contribution in [2.75, 3.05) is 0 Å². The molecule has 0 aliphatic heterocycles. The minimum atomic E-state index is -1.22. The van der Waals surface area contributed by atoms with Crippen molar-refractivity contribution in [2.24, 2.45) is 0 Å². The molecule has 8 heteroatoms. The smallest absolute Gasteiger partial charge is 0.354 e. The van der Waals surface area contributed by atoms with Crippen molar-refractivity contribution >= 4 is 22.7 Å². The van der Waals surface area contributed by atoms with Crippen LogP contribution in [0.15, 0.2) is 43.0 Å². The van der Waals surface area contributed by atoms with E-state index in [1.54, 1.807) is 24.4 Å². The molecule has 0 radical (unpaired) electrons. The van der Waals surface area contributed by atoms with E-state index in [0.29, 0.717) is 10.9 Å². The molecule has 0 fully saturated rings. The predicted molar refractivity (Wildman–Crippen MR) is 73.0 cm³/mol. The van der Waals surface area contributed by atoms with E-state index in [1.165, 1.54) is 0 Å². The monoisotopic (exact) mass is 286 g/mol. The van der Waals surface area contributed by atoms with Crippen LogP contribution in [-0.4, -0.2) is 30.5 Å². The number of nitrogens with one attached hydrogen (secondary N) is 1. The highest BCUT2D eigenvalue weighted by Gasteiger charge is 2.32. The molecule has 0 aliphatic rings. The van der Waals surface area contributed by atoms with E-state index in [4.69, 9.17) is 0 Å². The lowest BCUT2D eigenvalue weighted by Crippen LogP contribution is -2.20. The number of nitro groups is 1. The summed E-state index contributed by atoms with van der Waals surface area (Å²) in [4.78, 5) is 28.6. The van der Waals surface area contributed by atoms with Crippen LogP contribution in [0.25, 0.3) is 10.9 Å². The standard InChI is InChI=1S/C13H10N4O4/c18-13(19)12(16-7-14-6-11(16)17(20)21)9-5-15-10-4-2-1-3-8(9)10/h1-7,12,15H,(H,18,19). The fraction of sp³-hybridized carbons (Fsp3) is 0.0769. The van der Waals surface area contributed by atoms with Crippen molar-refractivity contribution in [1.29, 1.82) is 0 Å². The lowest BCUT2D eigenvalue weighted by molar-refractivity contribution is -0.392. The van der Waals surface area contributed by atoms with Gasteiger partial charge in [0, 0.05) is 22.7 Å². The second-order valence-corrected chi connectivity index (χ2v) is 4.45. The molecule has 0 bridgehead atoms. The first-order chi connectivity index (χ1) is 10.1. The van der Waals surface area contributed by atoms with E-state index >= 15 is 0 Å². The van der Waals surface area contributed by atoms with Gasteiger partial charge in [0.05, 0.1) is 0 Å². The molecule has 3 aromatic rings. The van der Waals surface area contributed by atoms with Crippen LogP contribution in [0.3, 0.4) is 0 Å². The fourth-order valence-corrected chi connectivity index (χ4v) is 2.36. The number of aliphatic carboxylic acids is 1. The molecule has 1 atom stereocenters. The predicted octanol–water partition coefficient (Wildman–Crippen LogP) is 1.95. The Hall–Kier alpha value is -3.16. The van der Waals surface area contributed by atoms with Gasteiger partial charge in [0.1, 0.15) is 6.20 Å². The molecule has 2 heterocycles. The van der Waals surface area contributed by atoms with Gasteiger partial charge in [-0.05, 0) is 11.0 Å². The molecule has 1 aromatic carbocycles. The van der Waals surface area contributed by atoms with Crippen LogP contribution in [0, 0.1) is 10.1 Å². The van der Waals surface area contributed by atoms with Gasteiger partial charge in [-0.25, -0.2) is 9.78 Å². The molecular weight excluding hydrogens is 276 g/mol. The minimum Gasteiger partial charge on any atom is -0.478 e. The summed E-state index contributed by atoms with van der Waals surface area (Å²) in [6, 6.07) is 5.95. The van der Waals surface area contributed by atoms with Crippen LogP contribution < -0.4 is 0 Å². The number of para-hydroxylation sites is 1. The number of fused-ring (bicyclic) bond motifs is 1. The number of hydrogen-bond acceptors (Lipinski definition) is 4. The minimum absolute atomic E-state index is 0.368. The lowest BCUT2D eigenvalue weighted by Gasteiger charge is -2.10. The van der Waals surface area contributed by atoms with Crippen LogP contribution >= 0.6 is 0 Å². The zero-order chi connectivity index (χ0) is 15.0. The molecule has 8 nitrogen and oxygen atoms in total. The third kappa shape index (κ3) is 2.02. The molecule has 106 valence electrons. The third-order valence-electron chi connectivity index (χ3n) is 3.26. The van der Waals surface area contributed by atoms with Gasteiger partial charge in [0.2, 0.25) is 6.04 Å². The van der Waals surface area contributed by atoms with Crippen molar-refractivity contribution in [3.63, 3.8) is 0 Å². The van der Waals surface area contributed by atoms with E-state index in [-0.39, 0.29) is 5.82 Å². The first kappa shape index (κ1) is 12.9. The molecule has 2 aromatic heterocycles. The molecule has 3 rings (SSSR count). The van der Waals surface area contributed by atoms with E-state index in [9.17, 15) is 20.0 Å².